The Labute approximate surface area is 132 Å². The van der Waals surface area contributed by atoms with Crippen LogP contribution in [0.25, 0.3) is 0 Å². The molecule has 1 saturated carbocycles. The number of aromatic nitrogens is 5. The average Bonchev–Trinajstić information content (AvgIpc) is 3.05. The van der Waals surface area contributed by atoms with E-state index in [1.807, 2.05) is 0 Å². The van der Waals surface area contributed by atoms with Crippen molar-refractivity contribution >= 4 is 5.82 Å². The molecule has 0 saturated heterocycles. The number of hydrogen-bond acceptors (Lipinski definition) is 7. The van der Waals surface area contributed by atoms with E-state index in [9.17, 15) is 10.1 Å². The van der Waals surface area contributed by atoms with Gasteiger partial charge in [-0.1, -0.05) is 19.3 Å². The van der Waals surface area contributed by atoms with Crippen LogP contribution in [-0.4, -0.2) is 30.1 Å². The van der Waals surface area contributed by atoms with E-state index in [1.54, 1.807) is 17.7 Å². The molecule has 2 heterocycles. The third-order valence-electron chi connectivity index (χ3n) is 4.03. The van der Waals surface area contributed by atoms with Crippen LogP contribution in [0.15, 0.2) is 18.3 Å². The van der Waals surface area contributed by atoms with Gasteiger partial charge in [0.2, 0.25) is 5.75 Å². The zero-order chi connectivity index (χ0) is 16.2. The first kappa shape index (κ1) is 15.3. The highest BCUT2D eigenvalue weighted by Crippen LogP contribution is 2.31. The summed E-state index contributed by atoms with van der Waals surface area (Å²) in [5, 5.41) is 22.9. The molecule has 1 fully saturated rings. The van der Waals surface area contributed by atoms with E-state index in [0.717, 1.165) is 25.7 Å². The van der Waals surface area contributed by atoms with Crippen LogP contribution in [0.5, 0.6) is 5.75 Å². The van der Waals surface area contributed by atoms with Gasteiger partial charge in [-0.25, -0.2) is 4.68 Å². The van der Waals surface area contributed by atoms with Crippen molar-refractivity contribution in [2.45, 2.75) is 51.2 Å². The van der Waals surface area contributed by atoms with Crippen molar-refractivity contribution in [3.05, 3.63) is 34.3 Å². The topological polar surface area (TPSA) is 109 Å². The maximum atomic E-state index is 11.0. The second-order valence-electron chi connectivity index (χ2n) is 5.62. The highest BCUT2D eigenvalue weighted by molar-refractivity contribution is 5.38. The summed E-state index contributed by atoms with van der Waals surface area (Å²) in [6.45, 7) is 1.78. The molecule has 9 nitrogen and oxygen atoms in total. The fraction of sp³-hybridized carbons (Fsp3) is 0.571. The summed E-state index contributed by atoms with van der Waals surface area (Å²) in [6, 6.07) is 3.39. The zero-order valence-electron chi connectivity index (χ0n) is 12.8. The first-order valence-corrected chi connectivity index (χ1v) is 7.70. The van der Waals surface area contributed by atoms with E-state index in [-0.39, 0.29) is 17.6 Å². The number of tetrazole rings is 1. The van der Waals surface area contributed by atoms with E-state index in [4.69, 9.17) is 4.74 Å². The van der Waals surface area contributed by atoms with Gasteiger partial charge in [0.05, 0.1) is 6.04 Å². The molecular formula is C14H18N6O3. The number of nitrogens with zero attached hydrogens (tertiary/aromatic N) is 6. The average molecular weight is 318 g/mol. The Hall–Kier alpha value is -2.58. The van der Waals surface area contributed by atoms with Gasteiger partial charge in [0, 0.05) is 0 Å². The summed E-state index contributed by atoms with van der Waals surface area (Å²) in [6.07, 6.45) is 6.50. The lowest BCUT2D eigenvalue weighted by molar-refractivity contribution is -0.390. The van der Waals surface area contributed by atoms with E-state index < -0.39 is 11.0 Å². The van der Waals surface area contributed by atoms with Crippen molar-refractivity contribution in [1.82, 2.24) is 25.2 Å². The quantitative estimate of drug-likeness (QED) is 0.615. The fourth-order valence-corrected chi connectivity index (χ4v) is 2.91. The van der Waals surface area contributed by atoms with Crippen LogP contribution in [0.2, 0.25) is 0 Å². The number of ether oxygens (including phenoxy) is 1. The van der Waals surface area contributed by atoms with Crippen molar-refractivity contribution in [3.63, 3.8) is 0 Å². The lowest BCUT2D eigenvalue weighted by Crippen LogP contribution is -2.20. The summed E-state index contributed by atoms with van der Waals surface area (Å²) in [7, 11) is 0. The molecule has 1 aliphatic carbocycles. The Balaban J connectivity index is 1.80. The zero-order valence-corrected chi connectivity index (χ0v) is 12.8. The summed E-state index contributed by atoms with van der Waals surface area (Å²) in [5.74, 6) is 0.384. The van der Waals surface area contributed by atoms with Gasteiger partial charge >= 0.3 is 5.82 Å². The van der Waals surface area contributed by atoms with Crippen LogP contribution in [0.4, 0.5) is 5.82 Å². The van der Waals surface area contributed by atoms with Gasteiger partial charge in [-0.3, -0.25) is 0 Å². The second-order valence-corrected chi connectivity index (χ2v) is 5.62. The second kappa shape index (κ2) is 6.67. The Morgan fingerprint density at radius 2 is 2.17 bits per heavy atom. The van der Waals surface area contributed by atoms with Crippen molar-refractivity contribution in [1.29, 1.82) is 0 Å². The normalized spacial score (nSPS) is 16.9. The molecule has 3 rings (SSSR count). The molecule has 23 heavy (non-hydrogen) atoms. The van der Waals surface area contributed by atoms with Gasteiger partial charge in [0.15, 0.2) is 11.9 Å². The van der Waals surface area contributed by atoms with Gasteiger partial charge in [0.1, 0.15) is 6.20 Å². The van der Waals surface area contributed by atoms with Crippen LogP contribution < -0.4 is 4.74 Å². The minimum absolute atomic E-state index is 0.114. The molecule has 122 valence electrons. The predicted molar refractivity (Wildman–Crippen MR) is 79.9 cm³/mol. The number of hydrogen-bond donors (Lipinski definition) is 0. The molecule has 0 unspecified atom stereocenters. The SMILES string of the molecule is C[C@H](Oc1cccnc1[N+](=O)[O-])c1nnnn1C1CCCCC1. The Morgan fingerprint density at radius 3 is 2.91 bits per heavy atom. The molecule has 0 spiro atoms. The molecule has 0 N–H and O–H groups in total. The molecule has 0 aromatic carbocycles. The molecular weight excluding hydrogens is 300 g/mol. The third-order valence-corrected chi connectivity index (χ3v) is 4.03. The first-order valence-electron chi connectivity index (χ1n) is 7.70. The van der Waals surface area contributed by atoms with E-state index in [1.165, 1.54) is 18.7 Å². The smallest absolute Gasteiger partial charge is 0.406 e. The monoisotopic (exact) mass is 318 g/mol. The van der Waals surface area contributed by atoms with E-state index >= 15 is 0 Å². The van der Waals surface area contributed by atoms with E-state index in [0.29, 0.717) is 5.82 Å². The fourth-order valence-electron chi connectivity index (χ4n) is 2.91. The summed E-state index contributed by atoms with van der Waals surface area (Å²) in [4.78, 5) is 14.2. The molecule has 0 radical (unpaired) electrons. The number of nitro groups is 1. The molecule has 0 amide bonds. The van der Waals surface area contributed by atoms with Crippen LogP contribution in [-0.2, 0) is 0 Å². The summed E-state index contributed by atoms with van der Waals surface area (Å²) in [5.41, 5.74) is 0. The van der Waals surface area contributed by atoms with Crippen LogP contribution in [0, 0.1) is 10.1 Å². The molecule has 2 aromatic rings. The molecule has 1 atom stereocenters. The number of rotatable bonds is 5. The van der Waals surface area contributed by atoms with Gasteiger partial charge in [0.25, 0.3) is 0 Å². The Morgan fingerprint density at radius 1 is 1.39 bits per heavy atom. The van der Waals surface area contributed by atoms with Crippen molar-refractivity contribution in [2.24, 2.45) is 0 Å². The molecule has 1 aliphatic rings. The van der Waals surface area contributed by atoms with E-state index in [2.05, 4.69) is 20.5 Å². The van der Waals surface area contributed by atoms with Gasteiger partial charge < -0.3 is 14.9 Å². The highest BCUT2D eigenvalue weighted by atomic mass is 16.6. The minimum Gasteiger partial charge on any atom is -0.474 e. The highest BCUT2D eigenvalue weighted by Gasteiger charge is 2.26. The van der Waals surface area contributed by atoms with Crippen molar-refractivity contribution in [2.75, 3.05) is 0 Å². The van der Waals surface area contributed by atoms with Crippen LogP contribution >= 0.6 is 0 Å². The minimum atomic E-state index is -0.563. The van der Waals surface area contributed by atoms with Crippen LogP contribution in [0.1, 0.15) is 57.0 Å². The molecule has 0 aliphatic heterocycles. The molecule has 9 heteroatoms. The van der Waals surface area contributed by atoms with Gasteiger partial charge in [-0.15, -0.1) is 5.10 Å². The summed E-state index contributed by atoms with van der Waals surface area (Å²) < 4.78 is 7.51. The molecule has 2 aromatic heterocycles. The summed E-state index contributed by atoms with van der Waals surface area (Å²) >= 11 is 0. The standard InChI is InChI=1S/C14H18N6O3/c1-10(23-12-8-5-9-15-14(12)20(21)22)13-16-17-18-19(13)11-6-3-2-4-7-11/h5,8-11H,2-4,6-7H2,1H3/t10-/m0/s1. The van der Waals surface area contributed by atoms with Gasteiger partial charge in [-0.2, -0.15) is 0 Å². The Bertz CT molecular complexity index is 683. The maximum absolute atomic E-state index is 11.0. The van der Waals surface area contributed by atoms with Crippen molar-refractivity contribution in [3.8, 4) is 5.75 Å². The third kappa shape index (κ3) is 3.27. The lowest BCUT2D eigenvalue weighted by atomic mass is 9.95. The Kier molecular flexibility index (Phi) is 4.45. The van der Waals surface area contributed by atoms with Gasteiger partial charge in [-0.05, 0) is 52.2 Å². The number of pyridine rings is 1. The van der Waals surface area contributed by atoms with Crippen LogP contribution in [0.3, 0.4) is 0 Å². The largest absolute Gasteiger partial charge is 0.474 e. The first-order chi connectivity index (χ1) is 11.2. The predicted octanol–water partition coefficient (Wildman–Crippen LogP) is 2.62. The lowest BCUT2D eigenvalue weighted by Gasteiger charge is -2.23. The molecule has 0 bridgehead atoms. The maximum Gasteiger partial charge on any atom is 0.406 e. The van der Waals surface area contributed by atoms with Crippen molar-refractivity contribution < 1.29 is 9.66 Å².